The quantitative estimate of drug-likeness (QED) is 0.0940. The smallest absolute Gasteiger partial charge is 0.350 e. The predicted octanol–water partition coefficient (Wildman–Crippen LogP) is 2.33. The van der Waals surface area contributed by atoms with Crippen LogP contribution in [0.5, 0.6) is 17.2 Å². The van der Waals surface area contributed by atoms with Gasteiger partial charge in [0.05, 0.1) is 25.9 Å². The summed E-state index contributed by atoms with van der Waals surface area (Å²) in [6, 6.07) is 11.1. The van der Waals surface area contributed by atoms with Gasteiger partial charge < -0.3 is 30.0 Å². The van der Waals surface area contributed by atoms with Crippen LogP contribution in [0.3, 0.4) is 0 Å². The van der Waals surface area contributed by atoms with E-state index in [1.807, 2.05) is 6.07 Å². The lowest BCUT2D eigenvalue weighted by Crippen LogP contribution is -2.26. The van der Waals surface area contributed by atoms with E-state index in [2.05, 4.69) is 25.4 Å². The first-order valence-corrected chi connectivity index (χ1v) is 13.1. The van der Waals surface area contributed by atoms with Crippen LogP contribution in [0.15, 0.2) is 59.7 Å². The maximum absolute atomic E-state index is 13.0. The summed E-state index contributed by atoms with van der Waals surface area (Å²) in [6.07, 6.45) is 4.50. The van der Waals surface area contributed by atoms with Gasteiger partial charge in [0.15, 0.2) is 5.82 Å². The first-order valence-electron chi connectivity index (χ1n) is 13.1. The average Bonchev–Trinajstić information content (AvgIpc) is 3.37. The number of ether oxygens (including phenoxy) is 4. The summed E-state index contributed by atoms with van der Waals surface area (Å²) >= 11 is 0. The second kappa shape index (κ2) is 12.5. The zero-order chi connectivity index (χ0) is 29.6. The molecule has 0 saturated carbocycles. The number of anilines is 1. The van der Waals surface area contributed by atoms with Gasteiger partial charge >= 0.3 is 11.7 Å². The lowest BCUT2D eigenvalue weighted by atomic mass is 10.0. The molecule has 1 fully saturated rings. The highest BCUT2D eigenvalue weighted by Gasteiger charge is 2.24. The molecule has 0 amide bonds. The van der Waals surface area contributed by atoms with Gasteiger partial charge in [-0.25, -0.2) is 14.8 Å². The third-order valence-corrected chi connectivity index (χ3v) is 6.43. The van der Waals surface area contributed by atoms with Crippen LogP contribution in [0.25, 0.3) is 5.95 Å². The normalized spacial score (nSPS) is 14.1. The van der Waals surface area contributed by atoms with Gasteiger partial charge in [-0.2, -0.15) is 0 Å². The van der Waals surface area contributed by atoms with Crippen LogP contribution in [0, 0.1) is 5.41 Å². The number of nitrogens with two attached hydrogens (primary N) is 1. The number of rotatable bonds is 10. The lowest BCUT2D eigenvalue weighted by molar-refractivity contribution is -0.131. The van der Waals surface area contributed by atoms with Crippen molar-refractivity contribution in [3.05, 3.63) is 82.3 Å². The largest absolute Gasteiger partial charge is 0.497 e. The molecule has 1 aliphatic heterocycles. The fourth-order valence-corrected chi connectivity index (χ4v) is 4.49. The number of esters is 1. The van der Waals surface area contributed by atoms with E-state index in [0.717, 1.165) is 17.5 Å². The highest BCUT2D eigenvalue weighted by molar-refractivity contribution is 5.98. The number of nitrogens with zero attached hydrogens (tertiary/aromatic N) is 4. The van der Waals surface area contributed by atoms with Crippen molar-refractivity contribution >= 4 is 17.5 Å². The van der Waals surface area contributed by atoms with Crippen molar-refractivity contribution in [1.82, 2.24) is 24.7 Å². The molecule has 14 nitrogen and oxygen atoms in total. The highest BCUT2D eigenvalue weighted by atomic mass is 16.5. The topological polar surface area (TPSA) is 192 Å². The van der Waals surface area contributed by atoms with E-state index in [-0.39, 0.29) is 35.0 Å². The molecule has 218 valence electrons. The van der Waals surface area contributed by atoms with E-state index in [1.165, 1.54) is 19.3 Å². The molecule has 3 heterocycles. The number of methoxy groups -OCH3 is 1. The van der Waals surface area contributed by atoms with Crippen molar-refractivity contribution in [3.63, 3.8) is 0 Å². The van der Waals surface area contributed by atoms with Crippen molar-refractivity contribution in [3.8, 4) is 23.2 Å². The van der Waals surface area contributed by atoms with Crippen LogP contribution in [0.1, 0.15) is 42.8 Å². The van der Waals surface area contributed by atoms with Crippen molar-refractivity contribution in [2.24, 2.45) is 5.73 Å². The molecule has 4 aromatic rings. The van der Waals surface area contributed by atoms with E-state index in [1.54, 1.807) is 43.5 Å². The Hall–Kier alpha value is -5.24. The Morgan fingerprint density at radius 3 is 2.60 bits per heavy atom. The zero-order valence-electron chi connectivity index (χ0n) is 23.0. The molecule has 1 atom stereocenters. The Kier molecular flexibility index (Phi) is 8.43. The molecule has 0 unspecified atom stereocenters. The third-order valence-electron chi connectivity index (χ3n) is 6.43. The fourth-order valence-electron chi connectivity index (χ4n) is 4.49. The van der Waals surface area contributed by atoms with Gasteiger partial charge in [-0.3, -0.25) is 15.2 Å². The van der Waals surface area contributed by atoms with Gasteiger partial charge in [0, 0.05) is 50.0 Å². The standard InChI is InChI=1S/C28H30N8O6/c1-16(37)41-23-14-18(4-5-22(23)25(29)30)33-24(26-34-28(38)36(35-26)27-31-8-3-9-32-27)17-12-20(39-2)15-21(13-17)42-19-6-10-40-11-7-19/h3-5,8-9,12-15,19,24,33H,6-7,10-11H2,1-2H3,(H3,29,30)(H,34,35,38)/t24-/m0/s1. The first-order chi connectivity index (χ1) is 20.3. The summed E-state index contributed by atoms with van der Waals surface area (Å²) in [5, 5.41) is 15.7. The Morgan fingerprint density at radius 1 is 1.17 bits per heavy atom. The van der Waals surface area contributed by atoms with Gasteiger partial charge in [0.25, 0.3) is 5.95 Å². The van der Waals surface area contributed by atoms with Crippen LogP contribution in [0.2, 0.25) is 0 Å². The van der Waals surface area contributed by atoms with Crippen molar-refractivity contribution in [2.45, 2.75) is 31.9 Å². The SMILES string of the molecule is COc1cc(OC2CCOCC2)cc([C@H](Nc2ccc(C(=N)N)c(OC(C)=O)c2)c2nn(-c3ncccn3)c(=O)[nH]2)c1. The lowest BCUT2D eigenvalue weighted by Gasteiger charge is -2.25. The van der Waals surface area contributed by atoms with Crippen molar-refractivity contribution in [1.29, 1.82) is 5.41 Å². The average molecular weight is 575 g/mol. The minimum Gasteiger partial charge on any atom is -0.497 e. The molecule has 2 aromatic heterocycles. The number of H-pyrrole nitrogens is 1. The Balaban J connectivity index is 1.59. The van der Waals surface area contributed by atoms with E-state index in [0.29, 0.717) is 36.0 Å². The number of amidine groups is 1. The fraction of sp³-hybridized carbons (Fsp3) is 0.286. The van der Waals surface area contributed by atoms with Crippen LogP contribution >= 0.6 is 0 Å². The van der Waals surface area contributed by atoms with Gasteiger partial charge in [0.2, 0.25) is 0 Å². The summed E-state index contributed by atoms with van der Waals surface area (Å²) in [6.45, 7) is 2.49. The van der Waals surface area contributed by atoms with Crippen LogP contribution in [-0.4, -0.2) is 63.0 Å². The number of benzene rings is 2. The Labute approximate surface area is 240 Å². The Morgan fingerprint density at radius 2 is 1.90 bits per heavy atom. The number of hydrogen-bond acceptors (Lipinski definition) is 11. The first kappa shape index (κ1) is 28.3. The maximum Gasteiger partial charge on any atom is 0.350 e. The molecule has 0 radical (unpaired) electrons. The summed E-state index contributed by atoms with van der Waals surface area (Å²) in [4.78, 5) is 35.8. The molecule has 1 saturated heterocycles. The number of aromatic nitrogens is 5. The monoisotopic (exact) mass is 574 g/mol. The predicted molar refractivity (Wildman–Crippen MR) is 151 cm³/mol. The van der Waals surface area contributed by atoms with Crippen LogP contribution < -0.4 is 31.0 Å². The number of nitrogens with one attached hydrogen (secondary N) is 3. The van der Waals surface area contributed by atoms with E-state index >= 15 is 0 Å². The molecule has 2 aromatic carbocycles. The minimum absolute atomic E-state index is 0.0234. The van der Waals surface area contributed by atoms with E-state index < -0.39 is 17.7 Å². The summed E-state index contributed by atoms with van der Waals surface area (Å²) in [5.74, 6) is 0.710. The van der Waals surface area contributed by atoms with Gasteiger partial charge in [-0.05, 0) is 35.9 Å². The molecule has 5 N–H and O–H groups in total. The number of carbonyl (C=O) groups is 1. The minimum atomic E-state index is -0.761. The zero-order valence-corrected chi connectivity index (χ0v) is 23.0. The molecule has 1 aliphatic rings. The Bertz CT molecular complexity index is 1630. The van der Waals surface area contributed by atoms with E-state index in [9.17, 15) is 9.59 Å². The molecule has 14 heteroatoms. The van der Waals surface area contributed by atoms with Gasteiger partial charge in [0.1, 0.15) is 35.2 Å². The van der Waals surface area contributed by atoms with Gasteiger partial charge in [-0.1, -0.05) is 0 Å². The molecular weight excluding hydrogens is 544 g/mol. The van der Waals surface area contributed by atoms with Crippen LogP contribution in [-0.2, 0) is 9.53 Å². The van der Waals surface area contributed by atoms with E-state index in [4.69, 9.17) is 30.1 Å². The molecule has 42 heavy (non-hydrogen) atoms. The molecule has 0 aliphatic carbocycles. The summed E-state index contributed by atoms with van der Waals surface area (Å²) < 4.78 is 23.7. The van der Waals surface area contributed by atoms with Crippen molar-refractivity contribution < 1.29 is 23.7 Å². The van der Waals surface area contributed by atoms with Gasteiger partial charge in [-0.15, -0.1) is 9.78 Å². The summed E-state index contributed by atoms with van der Waals surface area (Å²) in [5.41, 5.74) is 6.54. The molecule has 5 rings (SSSR count). The molecule has 0 spiro atoms. The van der Waals surface area contributed by atoms with Crippen LogP contribution in [0.4, 0.5) is 5.69 Å². The molecule has 0 bridgehead atoms. The van der Waals surface area contributed by atoms with Crippen molar-refractivity contribution in [2.75, 3.05) is 25.6 Å². The number of aromatic amines is 1. The number of carbonyl (C=O) groups excluding carboxylic acids is 1. The second-order valence-electron chi connectivity index (χ2n) is 9.44. The number of hydrogen-bond donors (Lipinski definition) is 4. The second-order valence-corrected chi connectivity index (χ2v) is 9.44. The highest BCUT2D eigenvalue weighted by Crippen LogP contribution is 2.34. The summed E-state index contributed by atoms with van der Waals surface area (Å²) in [7, 11) is 1.55. The number of nitrogen functional groups attached to an aromatic ring is 1. The third kappa shape index (κ3) is 6.55. The molecular formula is C28H30N8O6. The maximum atomic E-state index is 13.0.